The van der Waals surface area contributed by atoms with Crippen molar-refractivity contribution >= 4 is 0 Å². The second-order valence-electron chi connectivity index (χ2n) is 5.79. The van der Waals surface area contributed by atoms with Gasteiger partial charge >= 0.3 is 0 Å². The van der Waals surface area contributed by atoms with Gasteiger partial charge in [0.25, 0.3) is 0 Å². The Hall–Kier alpha value is -0.0800. The maximum absolute atomic E-state index is 3.56. The third-order valence-corrected chi connectivity index (χ3v) is 2.91. The molecule has 0 aromatic rings. The largest absolute Gasteiger partial charge is 0.313 e. The Kier molecular flexibility index (Phi) is 6.46. The molecule has 92 valence electrons. The molecule has 0 aromatic heterocycles. The highest BCUT2D eigenvalue weighted by molar-refractivity contribution is 4.80. The molecule has 0 radical (unpaired) electrons. The Morgan fingerprint density at radius 3 is 2.07 bits per heavy atom. The van der Waals surface area contributed by atoms with Crippen LogP contribution >= 0.6 is 0 Å². The van der Waals surface area contributed by atoms with Gasteiger partial charge in [-0.25, -0.2) is 0 Å². The van der Waals surface area contributed by atoms with Crippen LogP contribution in [-0.4, -0.2) is 37.1 Å². The van der Waals surface area contributed by atoms with Crippen molar-refractivity contribution in [3.63, 3.8) is 0 Å². The summed E-state index contributed by atoms with van der Waals surface area (Å²) in [6.07, 6.45) is 1.20. The second kappa shape index (κ2) is 6.49. The van der Waals surface area contributed by atoms with Gasteiger partial charge in [-0.1, -0.05) is 34.6 Å². The molecule has 15 heavy (non-hydrogen) atoms. The summed E-state index contributed by atoms with van der Waals surface area (Å²) in [5.74, 6) is 0. The molecule has 0 saturated heterocycles. The molecule has 0 fully saturated rings. The van der Waals surface area contributed by atoms with E-state index in [4.69, 9.17) is 0 Å². The molecule has 0 aromatic carbocycles. The molecule has 0 amide bonds. The Morgan fingerprint density at radius 2 is 1.73 bits per heavy atom. The van der Waals surface area contributed by atoms with E-state index in [1.807, 2.05) is 0 Å². The van der Waals surface area contributed by atoms with Crippen molar-refractivity contribution in [3.05, 3.63) is 0 Å². The monoisotopic (exact) mass is 214 g/mol. The van der Waals surface area contributed by atoms with Crippen molar-refractivity contribution < 1.29 is 0 Å². The standard InChI is InChI=1S/C13H30N2/c1-8-12(14-9-2)11(3)15(7)10-13(4,5)6/h11-12,14H,8-10H2,1-7H3. The summed E-state index contributed by atoms with van der Waals surface area (Å²) in [5, 5.41) is 3.56. The van der Waals surface area contributed by atoms with Crippen LogP contribution in [0.15, 0.2) is 0 Å². The fraction of sp³-hybridized carbons (Fsp3) is 1.00. The molecule has 2 atom stereocenters. The van der Waals surface area contributed by atoms with Crippen LogP contribution in [-0.2, 0) is 0 Å². The lowest BCUT2D eigenvalue weighted by molar-refractivity contribution is 0.150. The Morgan fingerprint density at radius 1 is 1.20 bits per heavy atom. The van der Waals surface area contributed by atoms with Crippen molar-refractivity contribution in [1.82, 2.24) is 10.2 Å². The van der Waals surface area contributed by atoms with Crippen molar-refractivity contribution in [3.8, 4) is 0 Å². The minimum absolute atomic E-state index is 0.382. The zero-order valence-electron chi connectivity index (χ0n) is 11.7. The molecular formula is C13H30N2. The minimum Gasteiger partial charge on any atom is -0.313 e. The first-order valence-corrected chi connectivity index (χ1v) is 6.25. The molecule has 0 saturated carbocycles. The van der Waals surface area contributed by atoms with Crippen LogP contribution in [0.1, 0.15) is 48.0 Å². The number of likely N-dealkylation sites (N-methyl/N-ethyl adjacent to an activating group) is 2. The van der Waals surface area contributed by atoms with Gasteiger partial charge in [0, 0.05) is 18.6 Å². The van der Waals surface area contributed by atoms with Crippen LogP contribution in [0.5, 0.6) is 0 Å². The lowest BCUT2D eigenvalue weighted by atomic mass is 9.94. The van der Waals surface area contributed by atoms with Crippen LogP contribution in [0, 0.1) is 5.41 Å². The van der Waals surface area contributed by atoms with Gasteiger partial charge < -0.3 is 10.2 Å². The third-order valence-electron chi connectivity index (χ3n) is 2.91. The Bertz CT molecular complexity index is 160. The number of nitrogens with one attached hydrogen (secondary N) is 1. The van der Waals surface area contributed by atoms with Gasteiger partial charge in [0.2, 0.25) is 0 Å². The van der Waals surface area contributed by atoms with E-state index in [1.165, 1.54) is 6.42 Å². The van der Waals surface area contributed by atoms with Crippen LogP contribution in [0.3, 0.4) is 0 Å². The van der Waals surface area contributed by atoms with E-state index in [2.05, 4.69) is 58.8 Å². The summed E-state index contributed by atoms with van der Waals surface area (Å²) in [5.41, 5.74) is 0.382. The smallest absolute Gasteiger partial charge is 0.0218 e. The third kappa shape index (κ3) is 6.16. The van der Waals surface area contributed by atoms with Gasteiger partial charge in [-0.05, 0) is 32.4 Å². The molecule has 0 aliphatic heterocycles. The summed E-state index contributed by atoms with van der Waals surface area (Å²) >= 11 is 0. The summed E-state index contributed by atoms with van der Waals surface area (Å²) in [6, 6.07) is 1.22. The fourth-order valence-corrected chi connectivity index (χ4v) is 2.12. The molecule has 0 aliphatic carbocycles. The van der Waals surface area contributed by atoms with Crippen molar-refractivity contribution in [1.29, 1.82) is 0 Å². The minimum atomic E-state index is 0.382. The number of hydrogen-bond donors (Lipinski definition) is 1. The first kappa shape index (κ1) is 14.9. The topological polar surface area (TPSA) is 15.3 Å². The highest BCUT2D eigenvalue weighted by Crippen LogP contribution is 2.17. The van der Waals surface area contributed by atoms with Gasteiger partial charge in [0.05, 0.1) is 0 Å². The summed E-state index contributed by atoms with van der Waals surface area (Å²) in [6.45, 7) is 15.9. The maximum Gasteiger partial charge on any atom is 0.0218 e. The molecule has 2 nitrogen and oxygen atoms in total. The number of rotatable bonds is 6. The van der Waals surface area contributed by atoms with Gasteiger partial charge in [0.1, 0.15) is 0 Å². The highest BCUT2D eigenvalue weighted by Gasteiger charge is 2.22. The quantitative estimate of drug-likeness (QED) is 0.731. The first-order chi connectivity index (χ1) is 6.81. The summed E-state index contributed by atoms with van der Waals surface area (Å²) in [4.78, 5) is 2.47. The molecule has 0 aliphatic rings. The summed E-state index contributed by atoms with van der Waals surface area (Å²) < 4.78 is 0. The molecule has 1 N–H and O–H groups in total. The summed E-state index contributed by atoms with van der Waals surface area (Å²) in [7, 11) is 2.23. The van der Waals surface area contributed by atoms with Gasteiger partial charge in [-0.2, -0.15) is 0 Å². The lowest BCUT2D eigenvalue weighted by Crippen LogP contribution is -2.48. The fourth-order valence-electron chi connectivity index (χ4n) is 2.12. The predicted molar refractivity (Wildman–Crippen MR) is 69.3 cm³/mol. The molecule has 0 rings (SSSR count). The Balaban J connectivity index is 4.21. The van der Waals surface area contributed by atoms with Crippen LogP contribution in [0.2, 0.25) is 0 Å². The highest BCUT2D eigenvalue weighted by atomic mass is 15.2. The SMILES string of the molecule is CCNC(CC)C(C)N(C)CC(C)(C)C. The number of nitrogens with zero attached hydrogens (tertiary/aromatic N) is 1. The molecule has 0 bridgehead atoms. The molecule has 0 heterocycles. The zero-order valence-corrected chi connectivity index (χ0v) is 11.7. The van der Waals surface area contributed by atoms with E-state index in [9.17, 15) is 0 Å². The van der Waals surface area contributed by atoms with E-state index in [0.717, 1.165) is 13.1 Å². The predicted octanol–water partition coefficient (Wildman–Crippen LogP) is 2.74. The maximum atomic E-state index is 3.56. The molecule has 2 heteroatoms. The first-order valence-electron chi connectivity index (χ1n) is 6.25. The van der Waals surface area contributed by atoms with Gasteiger partial charge in [-0.3, -0.25) is 0 Å². The molecular weight excluding hydrogens is 184 g/mol. The van der Waals surface area contributed by atoms with E-state index in [-0.39, 0.29) is 0 Å². The van der Waals surface area contributed by atoms with Crippen LogP contribution < -0.4 is 5.32 Å². The van der Waals surface area contributed by atoms with Crippen molar-refractivity contribution in [2.24, 2.45) is 5.41 Å². The van der Waals surface area contributed by atoms with Crippen LogP contribution in [0.4, 0.5) is 0 Å². The van der Waals surface area contributed by atoms with Gasteiger partial charge in [-0.15, -0.1) is 0 Å². The average molecular weight is 214 g/mol. The molecule has 0 spiro atoms. The average Bonchev–Trinajstić information content (AvgIpc) is 2.10. The van der Waals surface area contributed by atoms with E-state index >= 15 is 0 Å². The van der Waals surface area contributed by atoms with Crippen LogP contribution in [0.25, 0.3) is 0 Å². The molecule has 2 unspecified atom stereocenters. The second-order valence-corrected chi connectivity index (χ2v) is 5.79. The van der Waals surface area contributed by atoms with Crippen molar-refractivity contribution in [2.75, 3.05) is 20.1 Å². The zero-order chi connectivity index (χ0) is 12.1. The van der Waals surface area contributed by atoms with Crippen molar-refractivity contribution in [2.45, 2.75) is 60.0 Å². The lowest BCUT2D eigenvalue weighted by Gasteiger charge is -2.36. The number of hydrogen-bond acceptors (Lipinski definition) is 2. The van der Waals surface area contributed by atoms with E-state index < -0.39 is 0 Å². The Labute approximate surface area is 96.4 Å². The van der Waals surface area contributed by atoms with E-state index in [1.54, 1.807) is 0 Å². The van der Waals surface area contributed by atoms with E-state index in [0.29, 0.717) is 17.5 Å². The normalized spacial score (nSPS) is 16.8. The van der Waals surface area contributed by atoms with Gasteiger partial charge in [0.15, 0.2) is 0 Å².